The highest BCUT2D eigenvalue weighted by Gasteiger charge is 2.90. The monoisotopic (exact) mass is 449 g/mol. The van der Waals surface area contributed by atoms with E-state index in [1.54, 1.807) is 0 Å². The first-order chi connectivity index (χ1) is 13.2. The second-order valence-electron chi connectivity index (χ2n) is 6.69. The number of carbonyl (C=O) groups is 3. The number of carbonyl (C=O) groups excluding carboxylic acids is 2. The van der Waals surface area contributed by atoms with Crippen LogP contribution >= 0.6 is 11.3 Å². The van der Waals surface area contributed by atoms with E-state index in [1.165, 1.54) is 19.2 Å². The van der Waals surface area contributed by atoms with Crippen LogP contribution < -0.4 is 11.1 Å². The lowest BCUT2D eigenvalue weighted by Crippen LogP contribution is -2.71. The van der Waals surface area contributed by atoms with Crippen molar-refractivity contribution in [2.75, 3.05) is 5.73 Å². The van der Waals surface area contributed by atoms with Gasteiger partial charge in [-0.1, -0.05) is 5.16 Å². The Kier molecular flexibility index (Phi) is 4.39. The predicted octanol–water partition coefficient (Wildman–Crippen LogP) is -1.49. The number of thiazole rings is 1. The van der Waals surface area contributed by atoms with E-state index in [1.807, 2.05) is 0 Å². The molecule has 2 fully saturated rings. The summed E-state index contributed by atoms with van der Waals surface area (Å²) in [5.41, 5.74) is -0.733. The molecule has 2 atom stereocenters. The molecule has 29 heavy (non-hydrogen) atoms. The molecule has 158 valence electrons. The number of epoxide rings is 1. The smallest absolute Gasteiger partial charge is 0.364 e. The number of aromatic nitrogens is 1. The summed E-state index contributed by atoms with van der Waals surface area (Å²) in [6.45, 7) is 3.52. The zero-order valence-electron chi connectivity index (χ0n) is 15.1. The van der Waals surface area contributed by atoms with E-state index in [9.17, 15) is 22.8 Å². The van der Waals surface area contributed by atoms with E-state index in [0.29, 0.717) is 0 Å². The van der Waals surface area contributed by atoms with Gasteiger partial charge in [0.1, 0.15) is 5.69 Å². The minimum atomic E-state index is -4.90. The number of carboxylic acid groups (broad SMARTS) is 1. The van der Waals surface area contributed by atoms with Crippen LogP contribution in [-0.4, -0.2) is 67.9 Å². The zero-order valence-corrected chi connectivity index (χ0v) is 16.7. The number of nitrogen functional groups attached to an aromatic ring is 1. The number of oxime groups is 1. The van der Waals surface area contributed by atoms with E-state index in [4.69, 9.17) is 25.0 Å². The molecule has 2 amide bonds. The van der Waals surface area contributed by atoms with Crippen molar-refractivity contribution in [1.82, 2.24) is 14.6 Å². The first-order valence-electron chi connectivity index (χ1n) is 7.71. The molecule has 2 aliphatic heterocycles. The van der Waals surface area contributed by atoms with Crippen molar-refractivity contribution >= 4 is 50.3 Å². The zero-order chi connectivity index (χ0) is 22.0. The number of β-lactam (4-membered cyclic amide) rings is 1. The van der Waals surface area contributed by atoms with Gasteiger partial charge in [-0.2, -0.15) is 12.7 Å². The molecule has 0 aliphatic carbocycles. The SMILES string of the molecule is CC(C)(O/N=C(\C(=O)N[C@]12O[C@]1(C)N(S(=O)(=O)O)C2=O)c1csc(N)n1)C(=O)O. The Morgan fingerprint density at radius 2 is 2.10 bits per heavy atom. The van der Waals surface area contributed by atoms with Gasteiger partial charge in [-0.15, -0.1) is 11.3 Å². The first kappa shape index (κ1) is 20.9. The summed E-state index contributed by atoms with van der Waals surface area (Å²) in [7, 11) is -4.90. The van der Waals surface area contributed by atoms with Gasteiger partial charge in [0.25, 0.3) is 17.5 Å². The van der Waals surface area contributed by atoms with Gasteiger partial charge < -0.3 is 25.7 Å². The van der Waals surface area contributed by atoms with Crippen molar-refractivity contribution in [3.05, 3.63) is 11.1 Å². The van der Waals surface area contributed by atoms with Crippen molar-refractivity contribution in [2.45, 2.75) is 37.8 Å². The van der Waals surface area contributed by atoms with Crippen LogP contribution in [0.5, 0.6) is 0 Å². The number of nitrogens with zero attached hydrogens (tertiary/aromatic N) is 3. The highest BCUT2D eigenvalue weighted by molar-refractivity contribution is 7.84. The van der Waals surface area contributed by atoms with Crippen molar-refractivity contribution in [3.8, 4) is 0 Å². The number of anilines is 1. The Labute approximate surface area is 167 Å². The molecule has 0 bridgehead atoms. The normalized spacial score (nSPS) is 26.4. The number of nitrogens with two attached hydrogens (primary N) is 1. The molecular weight excluding hydrogens is 434 g/mol. The van der Waals surface area contributed by atoms with Crippen molar-refractivity contribution in [1.29, 1.82) is 0 Å². The van der Waals surface area contributed by atoms with Crippen LogP contribution in [0, 0.1) is 0 Å². The molecule has 2 saturated heterocycles. The summed E-state index contributed by atoms with van der Waals surface area (Å²) < 4.78 is 36.8. The number of nitrogens with one attached hydrogen (secondary N) is 1. The molecule has 2 aliphatic rings. The molecule has 0 saturated carbocycles. The molecule has 0 unspecified atom stereocenters. The molecule has 3 rings (SSSR count). The largest absolute Gasteiger partial charge is 0.478 e. The summed E-state index contributed by atoms with van der Waals surface area (Å²) in [4.78, 5) is 44.8. The maximum absolute atomic E-state index is 12.7. The molecule has 14 nitrogen and oxygen atoms in total. The van der Waals surface area contributed by atoms with Crippen LogP contribution in [0.15, 0.2) is 10.5 Å². The first-order valence-corrected chi connectivity index (χ1v) is 9.99. The third kappa shape index (κ3) is 3.09. The fraction of sp³-hybridized carbons (Fsp3) is 0.462. The van der Waals surface area contributed by atoms with E-state index < -0.39 is 50.9 Å². The van der Waals surface area contributed by atoms with Crippen LogP contribution in [0.1, 0.15) is 26.5 Å². The minimum absolute atomic E-state index is 0.0703. The second kappa shape index (κ2) is 6.09. The molecule has 0 spiro atoms. The lowest BCUT2D eigenvalue weighted by Gasteiger charge is -2.35. The lowest BCUT2D eigenvalue weighted by atomic mass is 10.0. The third-order valence-corrected chi connectivity index (χ3v) is 5.87. The predicted molar refractivity (Wildman–Crippen MR) is 94.6 cm³/mol. The van der Waals surface area contributed by atoms with Gasteiger partial charge in [-0.25, -0.2) is 9.78 Å². The molecular formula is C13H15N5O9S2. The summed E-state index contributed by atoms with van der Waals surface area (Å²) in [5, 5.41) is 16.2. The number of hydrogen-bond donors (Lipinski definition) is 4. The van der Waals surface area contributed by atoms with Gasteiger partial charge in [0.15, 0.2) is 10.8 Å². The molecule has 16 heteroatoms. The fourth-order valence-electron chi connectivity index (χ4n) is 2.52. The van der Waals surface area contributed by atoms with Gasteiger partial charge in [-0.3, -0.25) is 14.1 Å². The summed E-state index contributed by atoms with van der Waals surface area (Å²) in [6.07, 6.45) is 0. The number of rotatable bonds is 7. The number of fused-ring (bicyclic) bond motifs is 1. The molecule has 1 aromatic heterocycles. The highest BCUT2D eigenvalue weighted by Crippen LogP contribution is 2.59. The maximum Gasteiger partial charge on any atom is 0.364 e. The van der Waals surface area contributed by atoms with Crippen LogP contribution in [-0.2, 0) is 34.3 Å². The maximum atomic E-state index is 12.7. The van der Waals surface area contributed by atoms with Gasteiger partial charge in [0, 0.05) is 5.38 Å². The van der Waals surface area contributed by atoms with Crippen LogP contribution in [0.3, 0.4) is 0 Å². The highest BCUT2D eigenvalue weighted by atomic mass is 32.2. The average Bonchev–Trinajstić information content (AvgIpc) is 2.85. The molecule has 3 heterocycles. The standard InChI is InChI=1S/C13H15N5O9S2/c1-11(2,9(21)22)27-17-6(5-4-28-10(14)15-5)7(19)16-13-8(20)18(29(23,24)25)12(13,3)26-13/h4H,1-3H3,(H2,14,15)(H,16,19)(H,21,22)(H,23,24,25)/b17-6-/t12-,13+/m0/s1. The van der Waals surface area contributed by atoms with Crippen LogP contribution in [0.25, 0.3) is 0 Å². The minimum Gasteiger partial charge on any atom is -0.478 e. The Morgan fingerprint density at radius 3 is 2.55 bits per heavy atom. The molecule has 1 aromatic rings. The number of ether oxygens (including phenoxy) is 1. The Balaban J connectivity index is 1.88. The fourth-order valence-corrected chi connectivity index (χ4v) is 4.01. The molecule has 0 aromatic carbocycles. The number of carboxylic acids is 1. The summed E-state index contributed by atoms with van der Waals surface area (Å²) in [5.74, 6) is -3.67. The van der Waals surface area contributed by atoms with Gasteiger partial charge in [-0.05, 0) is 20.8 Å². The van der Waals surface area contributed by atoms with Crippen molar-refractivity contribution in [2.24, 2.45) is 5.16 Å². The molecule has 5 N–H and O–H groups in total. The molecule has 0 radical (unpaired) electrons. The number of aliphatic carboxylic acids is 1. The topological polar surface area (TPSA) is 214 Å². The van der Waals surface area contributed by atoms with Gasteiger partial charge in [0.2, 0.25) is 11.3 Å². The van der Waals surface area contributed by atoms with E-state index >= 15 is 0 Å². The van der Waals surface area contributed by atoms with E-state index in [-0.39, 0.29) is 15.1 Å². The number of amides is 2. The average molecular weight is 449 g/mol. The Bertz CT molecular complexity index is 1060. The summed E-state index contributed by atoms with van der Waals surface area (Å²) >= 11 is 0.957. The quantitative estimate of drug-likeness (QED) is 0.124. The second-order valence-corrected chi connectivity index (χ2v) is 8.84. The number of hydrogen-bond acceptors (Lipinski definition) is 11. The Morgan fingerprint density at radius 1 is 1.48 bits per heavy atom. The van der Waals surface area contributed by atoms with Crippen molar-refractivity contribution in [3.63, 3.8) is 0 Å². The van der Waals surface area contributed by atoms with E-state index in [0.717, 1.165) is 18.3 Å². The van der Waals surface area contributed by atoms with Crippen LogP contribution in [0.4, 0.5) is 5.13 Å². The van der Waals surface area contributed by atoms with E-state index in [2.05, 4.69) is 15.5 Å². The lowest BCUT2D eigenvalue weighted by molar-refractivity contribution is -0.161. The Hall–Kier alpha value is -2.82. The third-order valence-electron chi connectivity index (χ3n) is 4.22. The summed E-state index contributed by atoms with van der Waals surface area (Å²) in [6, 6.07) is 0. The van der Waals surface area contributed by atoms with Gasteiger partial charge >= 0.3 is 16.3 Å². The van der Waals surface area contributed by atoms with Gasteiger partial charge in [0.05, 0.1) is 0 Å². The van der Waals surface area contributed by atoms with Crippen LogP contribution in [0.2, 0.25) is 0 Å². The van der Waals surface area contributed by atoms with Crippen molar-refractivity contribution < 1.29 is 42.0 Å².